The standard InChI is InChI=1S/C25H21N7O6/c1-13-7-14(3-5-16(13)23(35)36)10-26-21(33)17-9-19(32-24(30-17)28-12-29-32)22(34)27-11-15-4-6-20-18(8-15)31(2)25(37)38-20/h3-9,12H,10-11H2,1-2H3,(H,26,33)(H,27,34)(H,35,36). The molecular weight excluding hydrogens is 494 g/mol. The van der Waals surface area contributed by atoms with Gasteiger partial charge in [0.05, 0.1) is 11.1 Å². The number of aryl methyl sites for hydroxylation is 2. The summed E-state index contributed by atoms with van der Waals surface area (Å²) in [5, 5.41) is 18.7. The molecule has 3 aromatic heterocycles. The SMILES string of the molecule is Cc1cc(CNC(=O)c2cc(C(=O)NCc3ccc4oc(=O)n(C)c4c3)n3ncnc3n2)ccc1C(=O)O. The van der Waals surface area contributed by atoms with Crippen molar-refractivity contribution in [3.05, 3.63) is 93.0 Å². The monoisotopic (exact) mass is 515 g/mol. The molecule has 2 aromatic carbocycles. The Morgan fingerprint density at radius 1 is 1.00 bits per heavy atom. The van der Waals surface area contributed by atoms with Gasteiger partial charge in [-0.05, 0) is 41.8 Å². The molecule has 0 bridgehead atoms. The number of rotatable bonds is 7. The summed E-state index contributed by atoms with van der Waals surface area (Å²) in [5.74, 6) is -2.50. The minimum absolute atomic E-state index is 0.0376. The number of oxazole rings is 1. The Morgan fingerprint density at radius 3 is 2.45 bits per heavy atom. The molecular formula is C25H21N7O6. The molecule has 0 aliphatic heterocycles. The number of benzene rings is 2. The van der Waals surface area contributed by atoms with Crippen LogP contribution in [0.1, 0.15) is 48.0 Å². The highest BCUT2D eigenvalue weighted by molar-refractivity contribution is 5.98. The molecule has 13 nitrogen and oxygen atoms in total. The number of nitrogens with zero attached hydrogens (tertiary/aromatic N) is 5. The van der Waals surface area contributed by atoms with Crippen LogP contribution in [-0.4, -0.2) is 47.0 Å². The highest BCUT2D eigenvalue weighted by atomic mass is 16.4. The molecule has 0 atom stereocenters. The molecule has 13 heteroatoms. The summed E-state index contributed by atoms with van der Waals surface area (Å²) in [5.41, 5.74) is 3.23. The highest BCUT2D eigenvalue weighted by Gasteiger charge is 2.19. The van der Waals surface area contributed by atoms with Crippen LogP contribution in [0.2, 0.25) is 0 Å². The second kappa shape index (κ2) is 9.61. The van der Waals surface area contributed by atoms with Crippen LogP contribution >= 0.6 is 0 Å². The quantitative estimate of drug-likeness (QED) is 0.290. The van der Waals surface area contributed by atoms with Crippen molar-refractivity contribution in [1.82, 2.24) is 34.8 Å². The number of carboxylic acids is 1. The Labute approximate surface area is 213 Å². The van der Waals surface area contributed by atoms with E-state index >= 15 is 0 Å². The van der Waals surface area contributed by atoms with Gasteiger partial charge in [0, 0.05) is 26.2 Å². The number of amides is 2. The average Bonchev–Trinajstić information content (AvgIpc) is 3.49. The third-order valence-corrected chi connectivity index (χ3v) is 6.00. The molecule has 0 saturated carbocycles. The zero-order valence-corrected chi connectivity index (χ0v) is 20.3. The van der Waals surface area contributed by atoms with Gasteiger partial charge in [0.25, 0.3) is 17.6 Å². The molecule has 0 aliphatic carbocycles. The van der Waals surface area contributed by atoms with E-state index in [2.05, 4.69) is 25.7 Å². The lowest BCUT2D eigenvalue weighted by Crippen LogP contribution is -2.28. The van der Waals surface area contributed by atoms with Crippen LogP contribution in [0.25, 0.3) is 16.9 Å². The Hall–Kier alpha value is -5.33. The second-order valence-corrected chi connectivity index (χ2v) is 8.55. The van der Waals surface area contributed by atoms with Crippen LogP contribution in [0.5, 0.6) is 0 Å². The predicted molar refractivity (Wildman–Crippen MR) is 133 cm³/mol. The molecule has 3 N–H and O–H groups in total. The van der Waals surface area contributed by atoms with Crippen molar-refractivity contribution >= 4 is 34.7 Å². The fraction of sp³-hybridized carbons (Fsp3) is 0.160. The van der Waals surface area contributed by atoms with E-state index in [0.29, 0.717) is 22.2 Å². The Bertz CT molecular complexity index is 1800. The summed E-state index contributed by atoms with van der Waals surface area (Å²) >= 11 is 0. The highest BCUT2D eigenvalue weighted by Crippen LogP contribution is 2.15. The van der Waals surface area contributed by atoms with E-state index in [4.69, 9.17) is 4.42 Å². The Kier molecular flexibility index (Phi) is 6.16. The fourth-order valence-corrected chi connectivity index (χ4v) is 3.99. The number of aromatic carboxylic acids is 1. The van der Waals surface area contributed by atoms with Gasteiger partial charge >= 0.3 is 11.7 Å². The largest absolute Gasteiger partial charge is 0.478 e. The van der Waals surface area contributed by atoms with Gasteiger partial charge in [-0.1, -0.05) is 18.2 Å². The first-order valence-corrected chi connectivity index (χ1v) is 11.4. The maximum Gasteiger partial charge on any atom is 0.419 e. The van der Waals surface area contributed by atoms with E-state index in [1.165, 1.54) is 27.5 Å². The first-order chi connectivity index (χ1) is 18.2. The van der Waals surface area contributed by atoms with Crippen molar-refractivity contribution < 1.29 is 23.9 Å². The van der Waals surface area contributed by atoms with Crippen molar-refractivity contribution in [2.24, 2.45) is 7.05 Å². The number of aromatic nitrogens is 5. The minimum Gasteiger partial charge on any atom is -0.478 e. The van der Waals surface area contributed by atoms with Gasteiger partial charge in [-0.3, -0.25) is 14.2 Å². The van der Waals surface area contributed by atoms with Crippen LogP contribution < -0.4 is 16.4 Å². The molecule has 192 valence electrons. The van der Waals surface area contributed by atoms with Gasteiger partial charge in [0.1, 0.15) is 17.7 Å². The maximum absolute atomic E-state index is 13.1. The summed E-state index contributed by atoms with van der Waals surface area (Å²) in [6.07, 6.45) is 1.22. The van der Waals surface area contributed by atoms with E-state index in [9.17, 15) is 24.3 Å². The smallest absolute Gasteiger partial charge is 0.419 e. The molecule has 0 aliphatic rings. The van der Waals surface area contributed by atoms with Crippen molar-refractivity contribution in [2.75, 3.05) is 0 Å². The maximum atomic E-state index is 13.1. The predicted octanol–water partition coefficient (Wildman–Crippen LogP) is 1.44. The number of fused-ring (bicyclic) bond motifs is 2. The van der Waals surface area contributed by atoms with Gasteiger partial charge in [-0.25, -0.2) is 14.6 Å². The first kappa shape index (κ1) is 24.4. The zero-order chi connectivity index (χ0) is 27.0. The van der Waals surface area contributed by atoms with Crippen LogP contribution in [-0.2, 0) is 20.1 Å². The molecule has 0 saturated heterocycles. The van der Waals surface area contributed by atoms with E-state index in [1.54, 1.807) is 44.3 Å². The molecule has 38 heavy (non-hydrogen) atoms. The lowest BCUT2D eigenvalue weighted by Gasteiger charge is -2.10. The van der Waals surface area contributed by atoms with Gasteiger partial charge in [0.2, 0.25) is 0 Å². The van der Waals surface area contributed by atoms with Crippen molar-refractivity contribution in [1.29, 1.82) is 0 Å². The number of carboxylic acid groups (broad SMARTS) is 1. The van der Waals surface area contributed by atoms with Crippen LogP contribution in [0.4, 0.5) is 0 Å². The minimum atomic E-state index is -1.03. The molecule has 0 fully saturated rings. The lowest BCUT2D eigenvalue weighted by molar-refractivity contribution is 0.0695. The molecule has 5 aromatic rings. The molecule has 3 heterocycles. The molecule has 0 unspecified atom stereocenters. The van der Waals surface area contributed by atoms with Gasteiger partial charge in [-0.2, -0.15) is 14.6 Å². The number of hydrogen-bond acceptors (Lipinski definition) is 8. The first-order valence-electron chi connectivity index (χ1n) is 11.4. The Morgan fingerprint density at radius 2 is 1.71 bits per heavy atom. The summed E-state index contributed by atoms with van der Waals surface area (Å²) in [7, 11) is 1.59. The van der Waals surface area contributed by atoms with Crippen molar-refractivity contribution in [3.63, 3.8) is 0 Å². The van der Waals surface area contributed by atoms with E-state index < -0.39 is 23.5 Å². The van der Waals surface area contributed by atoms with Crippen molar-refractivity contribution in [2.45, 2.75) is 20.0 Å². The third-order valence-electron chi connectivity index (χ3n) is 6.00. The normalized spacial score (nSPS) is 11.1. The van der Waals surface area contributed by atoms with Crippen molar-refractivity contribution in [3.8, 4) is 0 Å². The molecule has 2 amide bonds. The lowest BCUT2D eigenvalue weighted by atomic mass is 10.1. The van der Waals surface area contributed by atoms with Gasteiger partial charge in [-0.15, -0.1) is 0 Å². The van der Waals surface area contributed by atoms with E-state index in [0.717, 1.165) is 5.56 Å². The zero-order valence-electron chi connectivity index (χ0n) is 20.3. The number of carbonyl (C=O) groups is 3. The van der Waals surface area contributed by atoms with Crippen LogP contribution in [0.3, 0.4) is 0 Å². The fourth-order valence-electron chi connectivity index (χ4n) is 3.99. The average molecular weight is 515 g/mol. The van der Waals surface area contributed by atoms with Crippen LogP contribution in [0, 0.1) is 6.92 Å². The summed E-state index contributed by atoms with van der Waals surface area (Å²) in [6.45, 7) is 1.94. The van der Waals surface area contributed by atoms with E-state index in [-0.39, 0.29) is 35.8 Å². The van der Waals surface area contributed by atoms with Gasteiger partial charge < -0.3 is 20.2 Å². The molecule has 0 spiro atoms. The summed E-state index contributed by atoms with van der Waals surface area (Å²) < 4.78 is 7.72. The van der Waals surface area contributed by atoms with Crippen LogP contribution in [0.15, 0.2) is 58.0 Å². The third kappa shape index (κ3) is 4.59. The number of nitrogens with one attached hydrogen (secondary N) is 2. The molecule has 5 rings (SSSR count). The number of hydrogen-bond donors (Lipinski definition) is 3. The Balaban J connectivity index is 1.33. The summed E-state index contributed by atoms with van der Waals surface area (Å²) in [4.78, 5) is 57.0. The summed E-state index contributed by atoms with van der Waals surface area (Å²) in [6, 6.07) is 11.2. The number of carbonyl (C=O) groups excluding carboxylic acids is 2. The van der Waals surface area contributed by atoms with Gasteiger partial charge in [0.15, 0.2) is 5.58 Å². The topological polar surface area (TPSA) is 174 Å². The molecule has 0 radical (unpaired) electrons. The second-order valence-electron chi connectivity index (χ2n) is 8.55. The van der Waals surface area contributed by atoms with E-state index in [1.807, 2.05) is 0 Å².